The lowest BCUT2D eigenvalue weighted by atomic mass is 10.1. The van der Waals surface area contributed by atoms with Crippen LogP contribution in [0.25, 0.3) is 0 Å². The Labute approximate surface area is 120 Å². The van der Waals surface area contributed by atoms with Gasteiger partial charge in [0.15, 0.2) is 0 Å². The number of halogens is 2. The van der Waals surface area contributed by atoms with Crippen LogP contribution in [0.15, 0.2) is 22.7 Å². The zero-order valence-corrected chi connectivity index (χ0v) is 12.6. The molecule has 1 aromatic carbocycles. The number of rotatable bonds is 7. The number of hydrogen-bond acceptors (Lipinski definition) is 3. The highest BCUT2D eigenvalue weighted by Crippen LogP contribution is 2.20. The number of carbonyl (C=O) groups excluding carboxylic acids is 1. The van der Waals surface area contributed by atoms with Crippen LogP contribution in [-0.2, 0) is 9.53 Å². The molecule has 1 atom stereocenters. The van der Waals surface area contributed by atoms with Gasteiger partial charge in [-0.15, -0.1) is 0 Å². The first-order valence-corrected chi connectivity index (χ1v) is 6.78. The lowest BCUT2D eigenvalue weighted by molar-refractivity contribution is -0.120. The Kier molecular flexibility index (Phi) is 6.97. The fraction of sp³-hybridized carbons (Fsp3) is 0.462. The highest BCUT2D eigenvalue weighted by Gasteiger charge is 2.12. The molecule has 2 N–H and O–H groups in total. The summed E-state index contributed by atoms with van der Waals surface area (Å²) < 4.78 is 19.2. The molecule has 1 rings (SSSR count). The third kappa shape index (κ3) is 5.67. The van der Waals surface area contributed by atoms with Crippen LogP contribution >= 0.6 is 15.9 Å². The quantitative estimate of drug-likeness (QED) is 0.751. The summed E-state index contributed by atoms with van der Waals surface area (Å²) in [6, 6.07) is 4.64. The Hall–Kier alpha value is -0.980. The van der Waals surface area contributed by atoms with Gasteiger partial charge >= 0.3 is 0 Å². The van der Waals surface area contributed by atoms with E-state index in [1.54, 1.807) is 19.2 Å². The lowest BCUT2D eigenvalue weighted by Crippen LogP contribution is -2.36. The van der Waals surface area contributed by atoms with Crippen molar-refractivity contribution in [2.24, 2.45) is 0 Å². The maximum atomic E-state index is 13.7. The summed E-state index contributed by atoms with van der Waals surface area (Å²) in [5.74, 6) is -0.435. The van der Waals surface area contributed by atoms with Crippen molar-refractivity contribution in [2.45, 2.75) is 13.0 Å². The van der Waals surface area contributed by atoms with Crippen molar-refractivity contribution in [1.29, 1.82) is 0 Å². The van der Waals surface area contributed by atoms with Gasteiger partial charge in [0, 0.05) is 29.7 Å². The minimum absolute atomic E-state index is 0.138. The van der Waals surface area contributed by atoms with Crippen molar-refractivity contribution in [3.05, 3.63) is 34.1 Å². The highest BCUT2D eigenvalue weighted by molar-refractivity contribution is 9.10. The summed E-state index contributed by atoms with van der Waals surface area (Å²) in [5, 5.41) is 5.66. The van der Waals surface area contributed by atoms with E-state index >= 15 is 0 Å². The van der Waals surface area contributed by atoms with Gasteiger partial charge in [0.05, 0.1) is 13.2 Å². The van der Waals surface area contributed by atoms with Crippen molar-refractivity contribution >= 4 is 21.8 Å². The summed E-state index contributed by atoms with van der Waals surface area (Å²) in [4.78, 5) is 11.5. The van der Waals surface area contributed by atoms with Gasteiger partial charge in [0.2, 0.25) is 5.91 Å². The summed E-state index contributed by atoms with van der Waals surface area (Å²) in [6.07, 6.45) is 0. The molecule has 0 heterocycles. The molecule has 106 valence electrons. The SMILES string of the molecule is COCCNC(=O)CNC(C)c1ccc(Br)cc1F. The normalized spacial score (nSPS) is 12.2. The standard InChI is InChI=1S/C13H18BrFN2O2/c1-9(11-4-3-10(14)7-12(11)15)17-8-13(18)16-5-6-19-2/h3-4,7,9,17H,5-6,8H2,1-2H3,(H,16,18). The van der Waals surface area contributed by atoms with Crippen LogP contribution in [0, 0.1) is 5.82 Å². The van der Waals surface area contributed by atoms with Crippen molar-refractivity contribution < 1.29 is 13.9 Å². The second kappa shape index (κ2) is 8.24. The largest absolute Gasteiger partial charge is 0.383 e. The van der Waals surface area contributed by atoms with E-state index in [1.165, 1.54) is 6.07 Å². The molecule has 6 heteroatoms. The molecule has 0 saturated heterocycles. The topological polar surface area (TPSA) is 50.4 Å². The highest BCUT2D eigenvalue weighted by atomic mass is 79.9. The van der Waals surface area contributed by atoms with E-state index in [0.29, 0.717) is 23.2 Å². The molecule has 0 spiro atoms. The monoisotopic (exact) mass is 332 g/mol. The number of carbonyl (C=O) groups is 1. The minimum Gasteiger partial charge on any atom is -0.383 e. The Morgan fingerprint density at radius 3 is 2.89 bits per heavy atom. The Morgan fingerprint density at radius 1 is 1.53 bits per heavy atom. The first-order chi connectivity index (χ1) is 9.04. The zero-order valence-electron chi connectivity index (χ0n) is 11.0. The molecule has 0 fully saturated rings. The van der Waals surface area contributed by atoms with E-state index < -0.39 is 0 Å². The van der Waals surface area contributed by atoms with Crippen molar-refractivity contribution in [2.75, 3.05) is 26.8 Å². The second-order valence-corrected chi connectivity index (χ2v) is 5.03. The summed E-state index contributed by atoms with van der Waals surface area (Å²) in [7, 11) is 1.57. The van der Waals surface area contributed by atoms with E-state index in [2.05, 4.69) is 26.6 Å². The summed E-state index contributed by atoms with van der Waals surface area (Å²) in [5.41, 5.74) is 0.535. The molecule has 0 aliphatic heterocycles. The maximum Gasteiger partial charge on any atom is 0.234 e. The van der Waals surface area contributed by atoms with E-state index in [-0.39, 0.29) is 24.3 Å². The summed E-state index contributed by atoms with van der Waals surface area (Å²) >= 11 is 3.21. The molecule has 1 amide bonds. The minimum atomic E-state index is -0.297. The van der Waals surface area contributed by atoms with Crippen molar-refractivity contribution in [3.63, 3.8) is 0 Å². The molecule has 19 heavy (non-hydrogen) atoms. The first-order valence-electron chi connectivity index (χ1n) is 5.98. The molecular weight excluding hydrogens is 315 g/mol. The number of amides is 1. The van der Waals surface area contributed by atoms with Gasteiger partial charge in [0.1, 0.15) is 5.82 Å². The van der Waals surface area contributed by atoms with Gasteiger partial charge in [-0.1, -0.05) is 22.0 Å². The second-order valence-electron chi connectivity index (χ2n) is 4.11. The molecule has 0 aliphatic rings. The fourth-order valence-corrected chi connectivity index (χ4v) is 1.90. The van der Waals surface area contributed by atoms with Gasteiger partial charge in [-0.25, -0.2) is 4.39 Å². The molecule has 4 nitrogen and oxygen atoms in total. The van der Waals surface area contributed by atoms with Crippen molar-refractivity contribution in [3.8, 4) is 0 Å². The van der Waals surface area contributed by atoms with Crippen LogP contribution in [0.5, 0.6) is 0 Å². The predicted octanol–water partition coefficient (Wildman–Crippen LogP) is 2.00. The van der Waals surface area contributed by atoms with Crippen LogP contribution < -0.4 is 10.6 Å². The first kappa shape index (κ1) is 16.1. The predicted molar refractivity (Wildman–Crippen MR) is 75.4 cm³/mol. The van der Waals surface area contributed by atoms with E-state index in [1.807, 2.05) is 6.92 Å². The van der Waals surface area contributed by atoms with Crippen LogP contribution in [0.4, 0.5) is 4.39 Å². The zero-order chi connectivity index (χ0) is 14.3. The van der Waals surface area contributed by atoms with Gasteiger partial charge in [-0.3, -0.25) is 4.79 Å². The van der Waals surface area contributed by atoms with Gasteiger partial charge in [-0.05, 0) is 19.1 Å². The molecule has 0 aliphatic carbocycles. The van der Waals surface area contributed by atoms with Crippen molar-refractivity contribution in [1.82, 2.24) is 10.6 Å². The summed E-state index contributed by atoms with van der Waals surface area (Å²) in [6.45, 7) is 2.90. The van der Waals surface area contributed by atoms with Gasteiger partial charge < -0.3 is 15.4 Å². The molecular formula is C13H18BrFN2O2. The Morgan fingerprint density at radius 2 is 2.26 bits per heavy atom. The molecule has 0 saturated carbocycles. The molecule has 0 bridgehead atoms. The number of benzene rings is 1. The Bertz CT molecular complexity index is 429. The molecule has 1 unspecified atom stereocenters. The lowest BCUT2D eigenvalue weighted by Gasteiger charge is -2.15. The van der Waals surface area contributed by atoms with Gasteiger partial charge in [-0.2, -0.15) is 0 Å². The molecule has 0 aromatic heterocycles. The number of ether oxygens (including phenoxy) is 1. The van der Waals surface area contributed by atoms with Gasteiger partial charge in [0.25, 0.3) is 0 Å². The van der Waals surface area contributed by atoms with Crippen LogP contribution in [-0.4, -0.2) is 32.7 Å². The van der Waals surface area contributed by atoms with E-state index in [9.17, 15) is 9.18 Å². The number of methoxy groups -OCH3 is 1. The molecule has 0 radical (unpaired) electrons. The average Bonchev–Trinajstić information content (AvgIpc) is 2.36. The van der Waals surface area contributed by atoms with Crippen LogP contribution in [0.3, 0.4) is 0 Å². The van der Waals surface area contributed by atoms with Crippen LogP contribution in [0.2, 0.25) is 0 Å². The van der Waals surface area contributed by atoms with Crippen LogP contribution in [0.1, 0.15) is 18.5 Å². The third-order valence-electron chi connectivity index (χ3n) is 2.63. The van der Waals surface area contributed by atoms with E-state index in [4.69, 9.17) is 4.74 Å². The van der Waals surface area contributed by atoms with E-state index in [0.717, 1.165) is 0 Å². The molecule has 1 aromatic rings. The fourth-order valence-electron chi connectivity index (χ4n) is 1.56. The maximum absolute atomic E-state index is 13.7. The number of hydrogen-bond donors (Lipinski definition) is 2. The number of nitrogens with one attached hydrogen (secondary N) is 2. The third-order valence-corrected chi connectivity index (χ3v) is 3.12. The Balaban J connectivity index is 2.42. The average molecular weight is 333 g/mol. The smallest absolute Gasteiger partial charge is 0.234 e.